The first kappa shape index (κ1) is 14.9. The number of carboxylic acids is 1. The topological polar surface area (TPSA) is 96.4 Å². The zero-order valence-electron chi connectivity index (χ0n) is 9.91. The Morgan fingerprint density at radius 3 is 2.80 bits per heavy atom. The molecule has 0 amide bonds. The minimum atomic E-state index is -3.82. The molecular weight excluding hydrogens is 324 g/mol. The monoisotopic (exact) mass is 332 g/mol. The Kier molecular flexibility index (Phi) is 4.39. The van der Waals surface area contributed by atoms with Crippen LogP contribution in [0.1, 0.15) is 16.1 Å². The van der Waals surface area contributed by atoms with Crippen LogP contribution >= 0.6 is 22.9 Å². The molecule has 0 fully saturated rings. The number of rotatable bonds is 5. The van der Waals surface area contributed by atoms with Gasteiger partial charge in [-0.1, -0.05) is 11.6 Å². The highest BCUT2D eigenvalue weighted by molar-refractivity contribution is 7.89. The lowest BCUT2D eigenvalue weighted by molar-refractivity contribution is 0.0697. The van der Waals surface area contributed by atoms with Crippen molar-refractivity contribution in [1.29, 1.82) is 0 Å². The van der Waals surface area contributed by atoms with E-state index in [-0.39, 0.29) is 22.0 Å². The van der Waals surface area contributed by atoms with E-state index in [1.54, 1.807) is 10.9 Å². The molecule has 0 aliphatic rings. The quantitative estimate of drug-likeness (QED) is 0.872. The fraction of sp³-hybridized carbons (Fsp3) is 0.0909. The lowest BCUT2D eigenvalue weighted by atomic mass is 10.2. The number of thiazole rings is 1. The molecule has 9 heteroatoms. The summed E-state index contributed by atoms with van der Waals surface area (Å²) >= 11 is 7.05. The predicted octanol–water partition coefficient (Wildman–Crippen LogP) is 1.97. The van der Waals surface area contributed by atoms with Crippen LogP contribution in [-0.4, -0.2) is 24.5 Å². The van der Waals surface area contributed by atoms with Gasteiger partial charge in [-0.25, -0.2) is 22.9 Å². The standard InChI is InChI=1S/C11H9ClN2O4S2/c12-10-2-1-8(3-9(10)11(15)16)20(17,18)14-4-7-5-19-6-13-7/h1-3,5-6,14H,4H2,(H,15,16). The summed E-state index contributed by atoms with van der Waals surface area (Å²) < 4.78 is 26.4. The van der Waals surface area contributed by atoms with E-state index in [1.807, 2.05) is 0 Å². The van der Waals surface area contributed by atoms with Crippen LogP contribution in [-0.2, 0) is 16.6 Å². The van der Waals surface area contributed by atoms with Gasteiger partial charge in [-0.05, 0) is 18.2 Å². The number of hydrogen-bond acceptors (Lipinski definition) is 5. The molecule has 0 unspecified atom stereocenters. The van der Waals surface area contributed by atoms with Crippen molar-refractivity contribution < 1.29 is 18.3 Å². The molecule has 0 atom stereocenters. The third-order valence-corrected chi connectivity index (χ3v) is 4.77. The summed E-state index contributed by atoms with van der Waals surface area (Å²) in [6.07, 6.45) is 0. The van der Waals surface area contributed by atoms with Gasteiger partial charge >= 0.3 is 5.97 Å². The summed E-state index contributed by atoms with van der Waals surface area (Å²) in [5.41, 5.74) is 1.92. The van der Waals surface area contributed by atoms with E-state index in [9.17, 15) is 13.2 Å². The van der Waals surface area contributed by atoms with Gasteiger partial charge in [0.25, 0.3) is 0 Å². The van der Waals surface area contributed by atoms with E-state index >= 15 is 0 Å². The Hall–Kier alpha value is -1.48. The molecule has 6 nitrogen and oxygen atoms in total. The van der Waals surface area contributed by atoms with Gasteiger partial charge in [-0.3, -0.25) is 0 Å². The number of carbonyl (C=O) groups is 1. The van der Waals surface area contributed by atoms with Crippen LogP contribution in [0.4, 0.5) is 0 Å². The molecule has 0 aliphatic heterocycles. The fourth-order valence-electron chi connectivity index (χ4n) is 1.41. The van der Waals surface area contributed by atoms with Crippen LogP contribution in [0.25, 0.3) is 0 Å². The second-order valence-corrected chi connectivity index (χ2v) is 6.64. The summed E-state index contributed by atoms with van der Waals surface area (Å²) in [7, 11) is -3.82. The molecule has 0 aliphatic carbocycles. The largest absolute Gasteiger partial charge is 0.478 e. The highest BCUT2D eigenvalue weighted by Crippen LogP contribution is 2.20. The van der Waals surface area contributed by atoms with Gasteiger partial charge in [0.1, 0.15) is 0 Å². The smallest absolute Gasteiger partial charge is 0.337 e. The summed E-state index contributed by atoms with van der Waals surface area (Å²) in [6.45, 7) is 0.0386. The van der Waals surface area contributed by atoms with E-state index in [2.05, 4.69) is 9.71 Å². The first-order valence-corrected chi connectivity index (χ1v) is 8.10. The zero-order valence-corrected chi connectivity index (χ0v) is 12.3. The maximum absolute atomic E-state index is 12.0. The number of carboxylic acid groups (broad SMARTS) is 1. The van der Waals surface area contributed by atoms with Gasteiger partial charge in [0.05, 0.1) is 33.2 Å². The Labute approximate surface area is 124 Å². The number of benzene rings is 1. The molecule has 2 aromatic rings. The normalized spacial score (nSPS) is 11.4. The molecule has 2 rings (SSSR count). The van der Waals surface area contributed by atoms with Crippen LogP contribution in [0.15, 0.2) is 34.0 Å². The minimum absolute atomic E-state index is 0.0176. The van der Waals surface area contributed by atoms with E-state index < -0.39 is 16.0 Å². The molecule has 2 N–H and O–H groups in total. The van der Waals surface area contributed by atoms with Crippen LogP contribution in [0.2, 0.25) is 5.02 Å². The van der Waals surface area contributed by atoms with Crippen LogP contribution in [0.5, 0.6) is 0 Å². The van der Waals surface area contributed by atoms with Gasteiger partial charge in [0.15, 0.2) is 0 Å². The van der Waals surface area contributed by atoms with Crippen molar-refractivity contribution >= 4 is 38.9 Å². The molecule has 1 aromatic carbocycles. The third kappa shape index (κ3) is 3.34. The van der Waals surface area contributed by atoms with Crippen molar-refractivity contribution in [3.8, 4) is 0 Å². The summed E-state index contributed by atoms with van der Waals surface area (Å²) in [6, 6.07) is 3.51. The maximum Gasteiger partial charge on any atom is 0.337 e. The molecule has 0 spiro atoms. The van der Waals surface area contributed by atoms with Crippen LogP contribution in [0.3, 0.4) is 0 Å². The molecule has 1 aromatic heterocycles. The van der Waals surface area contributed by atoms with Crippen molar-refractivity contribution in [1.82, 2.24) is 9.71 Å². The molecule has 1 heterocycles. The van der Waals surface area contributed by atoms with Crippen molar-refractivity contribution in [2.24, 2.45) is 0 Å². The van der Waals surface area contributed by atoms with Crippen molar-refractivity contribution in [2.45, 2.75) is 11.4 Å². The van der Waals surface area contributed by atoms with Gasteiger partial charge < -0.3 is 5.11 Å². The summed E-state index contributed by atoms with van der Waals surface area (Å²) in [5.74, 6) is -1.29. The molecule has 0 radical (unpaired) electrons. The second kappa shape index (κ2) is 5.88. The summed E-state index contributed by atoms with van der Waals surface area (Å²) in [5, 5.41) is 10.6. The Morgan fingerprint density at radius 1 is 1.45 bits per heavy atom. The van der Waals surface area contributed by atoms with Gasteiger partial charge in [-0.15, -0.1) is 11.3 Å². The Bertz CT molecular complexity index is 729. The number of nitrogens with one attached hydrogen (secondary N) is 1. The maximum atomic E-state index is 12.0. The highest BCUT2D eigenvalue weighted by Gasteiger charge is 2.18. The zero-order chi connectivity index (χ0) is 14.8. The molecule has 0 saturated carbocycles. The third-order valence-electron chi connectivity index (χ3n) is 2.41. The molecule has 20 heavy (non-hydrogen) atoms. The van der Waals surface area contributed by atoms with E-state index in [1.165, 1.54) is 23.5 Å². The minimum Gasteiger partial charge on any atom is -0.478 e. The number of aromatic carboxylic acids is 1. The molecule has 0 saturated heterocycles. The Morgan fingerprint density at radius 2 is 2.20 bits per heavy atom. The van der Waals surface area contributed by atoms with Crippen LogP contribution in [0, 0.1) is 0 Å². The van der Waals surface area contributed by atoms with E-state index in [0.717, 1.165) is 6.07 Å². The average molecular weight is 333 g/mol. The predicted molar refractivity (Wildman–Crippen MR) is 74.6 cm³/mol. The van der Waals surface area contributed by atoms with Crippen molar-refractivity contribution in [3.05, 3.63) is 45.4 Å². The van der Waals surface area contributed by atoms with Crippen molar-refractivity contribution in [3.63, 3.8) is 0 Å². The van der Waals surface area contributed by atoms with Gasteiger partial charge in [0, 0.05) is 5.38 Å². The molecule has 106 valence electrons. The lowest BCUT2D eigenvalue weighted by Gasteiger charge is -2.07. The number of nitrogens with zero attached hydrogens (tertiary/aromatic N) is 1. The SMILES string of the molecule is O=C(O)c1cc(S(=O)(=O)NCc2cscn2)ccc1Cl. The highest BCUT2D eigenvalue weighted by atomic mass is 35.5. The fourth-order valence-corrected chi connectivity index (χ4v) is 3.19. The first-order chi connectivity index (χ1) is 9.40. The van der Waals surface area contributed by atoms with E-state index in [4.69, 9.17) is 16.7 Å². The number of halogens is 1. The lowest BCUT2D eigenvalue weighted by Crippen LogP contribution is -2.23. The van der Waals surface area contributed by atoms with E-state index in [0.29, 0.717) is 5.69 Å². The van der Waals surface area contributed by atoms with Crippen LogP contribution < -0.4 is 4.72 Å². The van der Waals surface area contributed by atoms with Gasteiger partial charge in [0.2, 0.25) is 10.0 Å². The molecular formula is C11H9ClN2O4S2. The second-order valence-electron chi connectivity index (χ2n) is 3.75. The first-order valence-electron chi connectivity index (χ1n) is 5.30. The van der Waals surface area contributed by atoms with Gasteiger partial charge in [-0.2, -0.15) is 0 Å². The van der Waals surface area contributed by atoms with Crippen molar-refractivity contribution in [2.75, 3.05) is 0 Å². The molecule has 0 bridgehead atoms. The number of sulfonamides is 1. The average Bonchev–Trinajstić information content (AvgIpc) is 2.89. The number of aromatic nitrogens is 1. The number of hydrogen-bond donors (Lipinski definition) is 2. The summed E-state index contributed by atoms with van der Waals surface area (Å²) in [4.78, 5) is 14.7. The Balaban J connectivity index is 2.25.